The normalized spacial score (nSPS) is 10.8. The number of hydrogen-bond acceptors (Lipinski definition) is 3. The second-order valence-corrected chi connectivity index (χ2v) is 6.67. The number of pyridine rings is 1. The van der Waals surface area contributed by atoms with E-state index in [2.05, 4.69) is 10.3 Å². The van der Waals surface area contributed by atoms with Gasteiger partial charge in [0.2, 0.25) is 0 Å². The monoisotopic (exact) mass is 391 g/mol. The van der Waals surface area contributed by atoms with Crippen molar-refractivity contribution in [2.24, 2.45) is 0 Å². The van der Waals surface area contributed by atoms with E-state index < -0.39 is 0 Å². The highest BCUT2D eigenvalue weighted by atomic mass is 35.5. The van der Waals surface area contributed by atoms with Crippen LogP contribution in [0, 0.1) is 0 Å². The number of carbonyl (C=O) groups excluding carboxylic acids is 1. The molecule has 2 aromatic heterocycles. The van der Waals surface area contributed by atoms with E-state index in [0.29, 0.717) is 29.5 Å². The standard InChI is InChI=1S/C22H18ClN3O2/c23-18-9-6-16(7-10-18)17-8-11-21-25-20(15-26(21)14-17)22(27)24-12-13-28-19-4-2-1-3-5-19/h1-11,14-15H,12-13H2,(H,24,27). The van der Waals surface area contributed by atoms with Gasteiger partial charge in [-0.15, -0.1) is 0 Å². The largest absolute Gasteiger partial charge is 0.492 e. The second kappa shape index (κ2) is 8.15. The molecule has 0 radical (unpaired) electrons. The molecule has 0 atom stereocenters. The first-order valence-corrected chi connectivity index (χ1v) is 9.27. The molecule has 0 aliphatic heterocycles. The summed E-state index contributed by atoms with van der Waals surface area (Å²) in [6, 6.07) is 21.0. The van der Waals surface area contributed by atoms with Crippen molar-refractivity contribution >= 4 is 23.2 Å². The van der Waals surface area contributed by atoms with Crippen LogP contribution in [0.15, 0.2) is 79.1 Å². The predicted octanol–water partition coefficient (Wildman–Crippen LogP) is 4.46. The minimum absolute atomic E-state index is 0.228. The highest BCUT2D eigenvalue weighted by molar-refractivity contribution is 6.30. The Morgan fingerprint density at radius 2 is 1.71 bits per heavy atom. The first kappa shape index (κ1) is 18.1. The molecule has 0 aliphatic carbocycles. The lowest BCUT2D eigenvalue weighted by atomic mass is 10.1. The number of hydrogen-bond donors (Lipinski definition) is 1. The number of imidazole rings is 1. The van der Waals surface area contributed by atoms with Gasteiger partial charge < -0.3 is 14.5 Å². The second-order valence-electron chi connectivity index (χ2n) is 6.23. The smallest absolute Gasteiger partial charge is 0.271 e. The SMILES string of the molecule is O=C(NCCOc1ccccc1)c1cn2cc(-c3ccc(Cl)cc3)ccc2n1. The average molecular weight is 392 g/mol. The van der Waals surface area contributed by atoms with Gasteiger partial charge >= 0.3 is 0 Å². The van der Waals surface area contributed by atoms with E-state index in [0.717, 1.165) is 16.9 Å². The summed E-state index contributed by atoms with van der Waals surface area (Å²) in [7, 11) is 0. The molecular formula is C22H18ClN3O2. The Hall–Kier alpha value is -3.31. The molecule has 0 saturated carbocycles. The van der Waals surface area contributed by atoms with Crippen LogP contribution in [0.2, 0.25) is 5.02 Å². The summed E-state index contributed by atoms with van der Waals surface area (Å²) in [6.45, 7) is 0.793. The van der Waals surface area contributed by atoms with E-state index in [-0.39, 0.29) is 5.91 Å². The van der Waals surface area contributed by atoms with Crippen LogP contribution < -0.4 is 10.1 Å². The quantitative estimate of drug-likeness (QED) is 0.493. The molecule has 0 unspecified atom stereocenters. The fourth-order valence-electron chi connectivity index (χ4n) is 2.86. The molecule has 28 heavy (non-hydrogen) atoms. The Balaban J connectivity index is 1.41. The van der Waals surface area contributed by atoms with Crippen molar-refractivity contribution in [2.75, 3.05) is 13.2 Å². The number of rotatable bonds is 6. The first-order chi connectivity index (χ1) is 13.7. The summed E-state index contributed by atoms with van der Waals surface area (Å²) < 4.78 is 7.42. The lowest BCUT2D eigenvalue weighted by Gasteiger charge is -2.06. The molecule has 1 amide bonds. The summed E-state index contributed by atoms with van der Waals surface area (Å²) in [5.74, 6) is 0.549. The highest BCUT2D eigenvalue weighted by Gasteiger charge is 2.11. The van der Waals surface area contributed by atoms with Crippen LogP contribution in [0.4, 0.5) is 0 Å². The predicted molar refractivity (Wildman–Crippen MR) is 110 cm³/mol. The van der Waals surface area contributed by atoms with Gasteiger partial charge in [0.1, 0.15) is 23.7 Å². The first-order valence-electron chi connectivity index (χ1n) is 8.90. The summed E-state index contributed by atoms with van der Waals surface area (Å²) in [4.78, 5) is 16.7. The summed E-state index contributed by atoms with van der Waals surface area (Å²) in [5, 5.41) is 3.53. The Bertz CT molecular complexity index is 1090. The van der Waals surface area contributed by atoms with Crippen molar-refractivity contribution in [2.45, 2.75) is 0 Å². The number of fused-ring (bicyclic) bond motifs is 1. The topological polar surface area (TPSA) is 55.6 Å². The molecule has 4 aromatic rings. The molecule has 2 heterocycles. The summed E-state index contributed by atoms with van der Waals surface area (Å²) >= 11 is 5.95. The number of amides is 1. The van der Waals surface area contributed by atoms with Crippen LogP contribution in [-0.2, 0) is 0 Å². The zero-order valence-corrected chi connectivity index (χ0v) is 15.8. The molecule has 2 aromatic carbocycles. The fourth-order valence-corrected chi connectivity index (χ4v) is 2.98. The van der Waals surface area contributed by atoms with Crippen LogP contribution >= 0.6 is 11.6 Å². The maximum atomic E-state index is 12.4. The molecule has 0 spiro atoms. The Morgan fingerprint density at radius 1 is 0.964 bits per heavy atom. The van der Waals surface area contributed by atoms with E-state index in [1.165, 1.54) is 0 Å². The van der Waals surface area contributed by atoms with Crippen molar-refractivity contribution in [1.82, 2.24) is 14.7 Å². The van der Waals surface area contributed by atoms with Crippen LogP contribution in [-0.4, -0.2) is 28.4 Å². The molecule has 0 saturated heterocycles. The van der Waals surface area contributed by atoms with Crippen molar-refractivity contribution in [3.05, 3.63) is 89.8 Å². The minimum Gasteiger partial charge on any atom is -0.492 e. The average Bonchev–Trinajstić information content (AvgIpc) is 3.16. The zero-order valence-electron chi connectivity index (χ0n) is 15.0. The van der Waals surface area contributed by atoms with E-state index in [9.17, 15) is 4.79 Å². The molecule has 0 bridgehead atoms. The minimum atomic E-state index is -0.228. The molecule has 0 aliphatic rings. The fraction of sp³-hybridized carbons (Fsp3) is 0.0909. The molecule has 0 fully saturated rings. The van der Waals surface area contributed by atoms with Gasteiger partial charge in [0, 0.05) is 17.4 Å². The number of halogens is 1. The third-order valence-corrected chi connectivity index (χ3v) is 4.51. The maximum Gasteiger partial charge on any atom is 0.271 e. The Labute approximate surface area is 167 Å². The lowest BCUT2D eigenvalue weighted by molar-refractivity contribution is 0.0942. The van der Waals surface area contributed by atoms with Crippen molar-refractivity contribution in [3.8, 4) is 16.9 Å². The van der Waals surface area contributed by atoms with Gasteiger partial charge in [-0.05, 0) is 47.5 Å². The Kier molecular flexibility index (Phi) is 5.26. The van der Waals surface area contributed by atoms with E-state index in [4.69, 9.17) is 16.3 Å². The van der Waals surface area contributed by atoms with Gasteiger partial charge in [-0.2, -0.15) is 0 Å². The number of aromatic nitrogens is 2. The van der Waals surface area contributed by atoms with Crippen LogP contribution in [0.25, 0.3) is 16.8 Å². The van der Waals surface area contributed by atoms with E-state index in [1.807, 2.05) is 77.3 Å². The van der Waals surface area contributed by atoms with Crippen LogP contribution in [0.5, 0.6) is 5.75 Å². The zero-order chi connectivity index (χ0) is 19.3. The number of ether oxygens (including phenoxy) is 1. The van der Waals surface area contributed by atoms with Gasteiger partial charge in [-0.1, -0.05) is 41.9 Å². The summed E-state index contributed by atoms with van der Waals surface area (Å²) in [5.41, 5.74) is 3.14. The molecule has 140 valence electrons. The third-order valence-electron chi connectivity index (χ3n) is 4.26. The summed E-state index contributed by atoms with van der Waals surface area (Å²) in [6.07, 6.45) is 3.67. The molecule has 4 rings (SSSR count). The lowest BCUT2D eigenvalue weighted by Crippen LogP contribution is -2.28. The maximum absolute atomic E-state index is 12.4. The van der Waals surface area contributed by atoms with Gasteiger partial charge in [-0.3, -0.25) is 4.79 Å². The van der Waals surface area contributed by atoms with Gasteiger partial charge in [0.25, 0.3) is 5.91 Å². The van der Waals surface area contributed by atoms with Crippen LogP contribution in [0.1, 0.15) is 10.5 Å². The van der Waals surface area contributed by atoms with Gasteiger partial charge in [-0.25, -0.2) is 4.98 Å². The van der Waals surface area contributed by atoms with Crippen molar-refractivity contribution in [3.63, 3.8) is 0 Å². The number of para-hydroxylation sites is 1. The van der Waals surface area contributed by atoms with E-state index >= 15 is 0 Å². The highest BCUT2D eigenvalue weighted by Crippen LogP contribution is 2.22. The number of carbonyl (C=O) groups is 1. The van der Waals surface area contributed by atoms with Crippen molar-refractivity contribution < 1.29 is 9.53 Å². The molecule has 6 heteroatoms. The molecule has 1 N–H and O–H groups in total. The number of nitrogens with one attached hydrogen (secondary N) is 1. The van der Waals surface area contributed by atoms with Crippen molar-refractivity contribution in [1.29, 1.82) is 0 Å². The number of nitrogens with zero attached hydrogens (tertiary/aromatic N) is 2. The number of benzene rings is 2. The third kappa shape index (κ3) is 4.15. The Morgan fingerprint density at radius 3 is 2.50 bits per heavy atom. The van der Waals surface area contributed by atoms with Gasteiger partial charge in [0.05, 0.1) is 6.54 Å². The van der Waals surface area contributed by atoms with E-state index in [1.54, 1.807) is 6.20 Å². The molecule has 5 nitrogen and oxygen atoms in total. The van der Waals surface area contributed by atoms with Crippen LogP contribution in [0.3, 0.4) is 0 Å². The molecular weight excluding hydrogens is 374 g/mol. The van der Waals surface area contributed by atoms with Gasteiger partial charge in [0.15, 0.2) is 0 Å².